The molecule has 0 aromatic heterocycles. The molecule has 0 bridgehead atoms. The molecule has 2 rings (SSSR count). The van der Waals surface area contributed by atoms with Crippen LogP contribution >= 0.6 is 0 Å². The molecule has 15 heavy (non-hydrogen) atoms. The van der Waals surface area contributed by atoms with Gasteiger partial charge in [-0.25, -0.2) is 0 Å². The summed E-state index contributed by atoms with van der Waals surface area (Å²) in [5.41, 5.74) is 0. The van der Waals surface area contributed by atoms with Crippen molar-refractivity contribution in [3.8, 4) is 0 Å². The fraction of sp³-hybridized carbons (Fsp3) is 1.00. The van der Waals surface area contributed by atoms with Crippen LogP contribution in [0.5, 0.6) is 0 Å². The molecule has 1 aliphatic heterocycles. The normalized spacial score (nSPS) is 43.4. The molecule has 4 atom stereocenters. The monoisotopic (exact) mass is 212 g/mol. The Morgan fingerprint density at radius 3 is 2.40 bits per heavy atom. The lowest BCUT2D eigenvalue weighted by atomic mass is 10.1. The molecule has 1 saturated heterocycles. The number of hydrogen-bond acceptors (Lipinski definition) is 3. The van der Waals surface area contributed by atoms with Crippen molar-refractivity contribution in [3.05, 3.63) is 0 Å². The zero-order chi connectivity index (χ0) is 10.8. The van der Waals surface area contributed by atoms with E-state index in [4.69, 9.17) is 4.74 Å². The van der Waals surface area contributed by atoms with Crippen LogP contribution in [0.4, 0.5) is 0 Å². The van der Waals surface area contributed by atoms with Crippen LogP contribution in [0, 0.1) is 0 Å². The van der Waals surface area contributed by atoms with E-state index < -0.39 is 0 Å². The number of ether oxygens (including phenoxy) is 1. The fourth-order valence-corrected chi connectivity index (χ4v) is 3.20. The minimum atomic E-state index is 0.395. The molecule has 88 valence electrons. The Hall–Kier alpha value is -0.120. The van der Waals surface area contributed by atoms with E-state index in [1.807, 2.05) is 0 Å². The first-order valence-electron chi connectivity index (χ1n) is 6.27. The summed E-state index contributed by atoms with van der Waals surface area (Å²) in [6.07, 6.45) is 4.85. The molecule has 1 heterocycles. The van der Waals surface area contributed by atoms with Crippen LogP contribution in [0.3, 0.4) is 0 Å². The first-order chi connectivity index (χ1) is 7.20. The summed E-state index contributed by atoms with van der Waals surface area (Å²) < 4.78 is 5.78. The van der Waals surface area contributed by atoms with Crippen LogP contribution in [0.25, 0.3) is 0 Å². The summed E-state index contributed by atoms with van der Waals surface area (Å²) in [7, 11) is 2.09. The number of morpholine rings is 1. The van der Waals surface area contributed by atoms with E-state index in [2.05, 4.69) is 31.1 Å². The largest absolute Gasteiger partial charge is 0.373 e. The van der Waals surface area contributed by atoms with Gasteiger partial charge in [-0.05, 0) is 33.7 Å². The second-order valence-electron chi connectivity index (χ2n) is 5.10. The van der Waals surface area contributed by atoms with Crippen LogP contribution < -0.4 is 5.32 Å². The van der Waals surface area contributed by atoms with E-state index in [0.29, 0.717) is 18.2 Å². The molecule has 1 aliphatic carbocycles. The predicted molar refractivity (Wildman–Crippen MR) is 62.1 cm³/mol. The summed E-state index contributed by atoms with van der Waals surface area (Å²) in [5.74, 6) is 0. The highest BCUT2D eigenvalue weighted by Crippen LogP contribution is 2.26. The van der Waals surface area contributed by atoms with Crippen molar-refractivity contribution in [2.24, 2.45) is 0 Å². The highest BCUT2D eigenvalue weighted by Gasteiger charge is 2.34. The third-order valence-electron chi connectivity index (χ3n) is 3.77. The SMILES string of the molecule is CNC1CCCC1N1CC(C)OC(C)C1. The second-order valence-corrected chi connectivity index (χ2v) is 5.10. The van der Waals surface area contributed by atoms with Crippen molar-refractivity contribution in [2.45, 2.75) is 57.4 Å². The van der Waals surface area contributed by atoms with Gasteiger partial charge in [0, 0.05) is 25.2 Å². The molecular weight excluding hydrogens is 188 g/mol. The van der Waals surface area contributed by atoms with Crippen molar-refractivity contribution in [1.82, 2.24) is 10.2 Å². The standard InChI is InChI=1S/C12H24N2O/c1-9-7-14(8-10(2)15-9)12-6-4-5-11(12)13-3/h9-13H,4-8H2,1-3H3. The van der Waals surface area contributed by atoms with Gasteiger partial charge in [-0.15, -0.1) is 0 Å². The molecule has 1 N–H and O–H groups in total. The predicted octanol–water partition coefficient (Wildman–Crippen LogP) is 1.24. The first-order valence-corrected chi connectivity index (χ1v) is 6.27. The Kier molecular flexibility index (Phi) is 3.65. The van der Waals surface area contributed by atoms with Gasteiger partial charge in [-0.2, -0.15) is 0 Å². The maximum Gasteiger partial charge on any atom is 0.0678 e. The van der Waals surface area contributed by atoms with Gasteiger partial charge in [-0.1, -0.05) is 6.42 Å². The number of rotatable bonds is 2. The van der Waals surface area contributed by atoms with Gasteiger partial charge in [0.1, 0.15) is 0 Å². The van der Waals surface area contributed by atoms with E-state index in [1.54, 1.807) is 0 Å². The van der Waals surface area contributed by atoms with Gasteiger partial charge in [0.15, 0.2) is 0 Å². The molecule has 3 heteroatoms. The van der Waals surface area contributed by atoms with Crippen molar-refractivity contribution in [3.63, 3.8) is 0 Å². The van der Waals surface area contributed by atoms with E-state index >= 15 is 0 Å². The molecule has 0 amide bonds. The quantitative estimate of drug-likeness (QED) is 0.745. The van der Waals surface area contributed by atoms with Crippen LogP contribution in [0.15, 0.2) is 0 Å². The van der Waals surface area contributed by atoms with Crippen molar-refractivity contribution in [2.75, 3.05) is 20.1 Å². The third kappa shape index (κ3) is 2.52. The van der Waals surface area contributed by atoms with E-state index in [0.717, 1.165) is 19.1 Å². The van der Waals surface area contributed by atoms with E-state index in [-0.39, 0.29) is 0 Å². The Labute approximate surface area is 93.2 Å². The van der Waals surface area contributed by atoms with Gasteiger partial charge in [0.2, 0.25) is 0 Å². The first kappa shape index (κ1) is 11.4. The van der Waals surface area contributed by atoms with Crippen LogP contribution in [0.1, 0.15) is 33.1 Å². The summed E-state index contributed by atoms with van der Waals surface area (Å²) in [6, 6.07) is 1.44. The molecule has 2 aliphatic rings. The van der Waals surface area contributed by atoms with Gasteiger partial charge in [-0.3, -0.25) is 4.90 Å². The van der Waals surface area contributed by atoms with Crippen molar-refractivity contribution < 1.29 is 4.74 Å². The Morgan fingerprint density at radius 2 is 1.80 bits per heavy atom. The van der Waals surface area contributed by atoms with E-state index in [9.17, 15) is 0 Å². The minimum absolute atomic E-state index is 0.395. The van der Waals surface area contributed by atoms with Gasteiger partial charge in [0.25, 0.3) is 0 Å². The van der Waals surface area contributed by atoms with Crippen LogP contribution in [-0.4, -0.2) is 49.3 Å². The topological polar surface area (TPSA) is 24.5 Å². The second kappa shape index (κ2) is 4.81. The Bertz CT molecular complexity index is 200. The smallest absolute Gasteiger partial charge is 0.0678 e. The summed E-state index contributed by atoms with van der Waals surface area (Å²) in [5, 5.41) is 3.46. The number of nitrogens with zero attached hydrogens (tertiary/aromatic N) is 1. The number of nitrogens with one attached hydrogen (secondary N) is 1. The molecule has 0 spiro atoms. The van der Waals surface area contributed by atoms with Crippen molar-refractivity contribution in [1.29, 1.82) is 0 Å². The Balaban J connectivity index is 1.96. The molecule has 3 nitrogen and oxygen atoms in total. The molecule has 0 radical (unpaired) electrons. The molecule has 2 fully saturated rings. The lowest BCUT2D eigenvalue weighted by Gasteiger charge is -2.41. The lowest BCUT2D eigenvalue weighted by Crippen LogP contribution is -2.54. The van der Waals surface area contributed by atoms with Crippen LogP contribution in [0.2, 0.25) is 0 Å². The summed E-state index contributed by atoms with van der Waals surface area (Å²) in [6.45, 7) is 6.58. The van der Waals surface area contributed by atoms with Gasteiger partial charge in [0.05, 0.1) is 12.2 Å². The fourth-order valence-electron chi connectivity index (χ4n) is 3.20. The van der Waals surface area contributed by atoms with Gasteiger partial charge < -0.3 is 10.1 Å². The highest BCUT2D eigenvalue weighted by molar-refractivity contribution is 4.92. The van der Waals surface area contributed by atoms with E-state index in [1.165, 1.54) is 19.3 Å². The molecule has 0 aromatic carbocycles. The average molecular weight is 212 g/mol. The maximum absolute atomic E-state index is 5.78. The Morgan fingerprint density at radius 1 is 1.13 bits per heavy atom. The molecular formula is C12H24N2O. The van der Waals surface area contributed by atoms with Crippen molar-refractivity contribution >= 4 is 0 Å². The minimum Gasteiger partial charge on any atom is -0.373 e. The molecule has 4 unspecified atom stereocenters. The maximum atomic E-state index is 5.78. The zero-order valence-corrected chi connectivity index (χ0v) is 10.2. The highest BCUT2D eigenvalue weighted by atomic mass is 16.5. The summed E-state index contributed by atoms with van der Waals surface area (Å²) >= 11 is 0. The van der Waals surface area contributed by atoms with Gasteiger partial charge >= 0.3 is 0 Å². The lowest BCUT2D eigenvalue weighted by molar-refractivity contribution is -0.0819. The molecule has 1 saturated carbocycles. The third-order valence-corrected chi connectivity index (χ3v) is 3.77. The zero-order valence-electron chi connectivity index (χ0n) is 10.2. The van der Waals surface area contributed by atoms with Crippen LogP contribution in [-0.2, 0) is 4.74 Å². The number of likely N-dealkylation sites (N-methyl/N-ethyl adjacent to an activating group) is 1. The average Bonchev–Trinajstić information content (AvgIpc) is 2.63. The number of hydrogen-bond donors (Lipinski definition) is 1. The molecule has 0 aromatic rings. The summed E-state index contributed by atoms with van der Waals surface area (Å²) in [4.78, 5) is 2.63.